The van der Waals surface area contributed by atoms with Crippen molar-refractivity contribution in [1.29, 1.82) is 0 Å². The Bertz CT molecular complexity index is 1210. The number of hydrogen-bond acceptors (Lipinski definition) is 5. The summed E-state index contributed by atoms with van der Waals surface area (Å²) >= 11 is 0. The van der Waals surface area contributed by atoms with Gasteiger partial charge in [-0.1, -0.05) is 36.4 Å². The van der Waals surface area contributed by atoms with Crippen molar-refractivity contribution in [2.45, 2.75) is 25.8 Å². The third-order valence-corrected chi connectivity index (χ3v) is 6.37. The maximum absolute atomic E-state index is 12.2. The number of amides is 2. The van der Waals surface area contributed by atoms with Gasteiger partial charge in [-0.25, -0.2) is 0 Å². The van der Waals surface area contributed by atoms with Gasteiger partial charge in [0.15, 0.2) is 11.5 Å². The summed E-state index contributed by atoms with van der Waals surface area (Å²) in [7, 11) is 0. The van der Waals surface area contributed by atoms with Gasteiger partial charge in [0.2, 0.25) is 0 Å². The molecule has 3 aromatic carbocycles. The average molecular weight is 472 g/mol. The number of aryl methyl sites for hydroxylation is 1. The number of hydrogen-bond donors (Lipinski definition) is 2. The number of nitrogens with zero attached hydrogens (tertiary/aromatic N) is 1. The first-order valence-corrected chi connectivity index (χ1v) is 12.1. The van der Waals surface area contributed by atoms with Crippen LogP contribution in [0, 0.1) is 0 Å². The normalized spacial score (nSPS) is 14.1. The second kappa shape index (κ2) is 10.5. The molecule has 180 valence electrons. The lowest BCUT2D eigenvalue weighted by Gasteiger charge is -2.30. The molecule has 0 radical (unpaired) electrons. The van der Waals surface area contributed by atoms with Gasteiger partial charge in [-0.2, -0.15) is 0 Å². The molecule has 0 bridgehead atoms. The van der Waals surface area contributed by atoms with Gasteiger partial charge in [0.25, 0.3) is 0 Å². The van der Waals surface area contributed by atoms with Gasteiger partial charge in [0, 0.05) is 37.1 Å². The summed E-state index contributed by atoms with van der Waals surface area (Å²) in [5, 5.41) is 5.30. The van der Waals surface area contributed by atoms with E-state index in [4.69, 9.17) is 9.47 Å². The largest absolute Gasteiger partial charge is 0.486 e. The molecule has 7 nitrogen and oxygen atoms in total. The summed E-state index contributed by atoms with van der Waals surface area (Å²) in [6.07, 6.45) is 2.65. The van der Waals surface area contributed by atoms with E-state index >= 15 is 0 Å². The van der Waals surface area contributed by atoms with E-state index in [0.29, 0.717) is 36.9 Å². The first-order valence-electron chi connectivity index (χ1n) is 12.1. The third-order valence-electron chi connectivity index (χ3n) is 6.37. The van der Waals surface area contributed by atoms with E-state index in [1.165, 1.54) is 22.4 Å². The Balaban J connectivity index is 1.05. The Morgan fingerprint density at radius 1 is 0.857 bits per heavy atom. The first kappa shape index (κ1) is 22.8. The lowest BCUT2D eigenvalue weighted by Crippen LogP contribution is -2.36. The molecule has 2 heterocycles. The number of nitrogens with one attached hydrogen (secondary N) is 2. The summed E-state index contributed by atoms with van der Waals surface area (Å²) in [6, 6.07) is 22.3. The lowest BCUT2D eigenvalue weighted by atomic mass is 9.99. The summed E-state index contributed by atoms with van der Waals surface area (Å²) in [5.41, 5.74) is 5.78. The van der Waals surface area contributed by atoms with E-state index in [1.54, 1.807) is 18.2 Å². The van der Waals surface area contributed by atoms with Crippen LogP contribution in [0.3, 0.4) is 0 Å². The monoisotopic (exact) mass is 471 g/mol. The van der Waals surface area contributed by atoms with E-state index in [0.717, 1.165) is 32.4 Å². The highest BCUT2D eigenvalue weighted by molar-refractivity contribution is 6.39. The molecule has 0 aromatic heterocycles. The van der Waals surface area contributed by atoms with Crippen LogP contribution in [0.15, 0.2) is 66.7 Å². The van der Waals surface area contributed by atoms with Gasteiger partial charge < -0.3 is 25.0 Å². The van der Waals surface area contributed by atoms with E-state index in [2.05, 4.69) is 64.1 Å². The molecule has 0 aliphatic carbocycles. The zero-order valence-corrected chi connectivity index (χ0v) is 19.6. The topological polar surface area (TPSA) is 79.9 Å². The molecule has 5 rings (SSSR count). The van der Waals surface area contributed by atoms with Gasteiger partial charge in [0.05, 0.1) is 0 Å². The molecular weight excluding hydrogens is 442 g/mol. The molecule has 2 aliphatic heterocycles. The van der Waals surface area contributed by atoms with E-state index in [-0.39, 0.29) is 0 Å². The van der Waals surface area contributed by atoms with E-state index in [9.17, 15) is 9.59 Å². The van der Waals surface area contributed by atoms with Crippen LogP contribution in [0.1, 0.15) is 23.1 Å². The fraction of sp³-hybridized carbons (Fsp3) is 0.286. The highest BCUT2D eigenvalue weighted by Gasteiger charge is 2.17. The predicted molar refractivity (Wildman–Crippen MR) is 135 cm³/mol. The maximum Gasteiger partial charge on any atom is 0.313 e. The molecular formula is C28H29N3O4. The molecule has 0 atom stereocenters. The van der Waals surface area contributed by atoms with Crippen LogP contribution in [0.5, 0.6) is 11.5 Å². The van der Waals surface area contributed by atoms with E-state index < -0.39 is 11.8 Å². The Morgan fingerprint density at radius 3 is 2.46 bits per heavy atom. The fourth-order valence-corrected chi connectivity index (χ4v) is 4.47. The number of rotatable bonds is 6. The van der Waals surface area contributed by atoms with Crippen LogP contribution in [0.25, 0.3) is 0 Å². The molecule has 0 fully saturated rings. The van der Waals surface area contributed by atoms with E-state index in [1.807, 2.05) is 0 Å². The molecule has 0 unspecified atom stereocenters. The van der Waals surface area contributed by atoms with Crippen LogP contribution in [-0.2, 0) is 29.0 Å². The SMILES string of the molecule is O=C(NCCCc1ccc(N2CCc3ccccc3C2)cc1)C(=O)Nc1ccc2c(c1)OCCO2. The second-order valence-electron chi connectivity index (χ2n) is 8.78. The molecule has 0 saturated heterocycles. The maximum atomic E-state index is 12.2. The third kappa shape index (κ3) is 5.57. The quantitative estimate of drug-likeness (QED) is 0.423. The molecule has 7 heteroatoms. The summed E-state index contributed by atoms with van der Waals surface area (Å²) in [4.78, 5) is 26.8. The van der Waals surface area contributed by atoms with Crippen molar-refractivity contribution in [3.05, 3.63) is 83.4 Å². The van der Waals surface area contributed by atoms with Crippen LogP contribution in [0.2, 0.25) is 0 Å². The van der Waals surface area contributed by atoms with Gasteiger partial charge in [-0.15, -0.1) is 0 Å². The second-order valence-corrected chi connectivity index (χ2v) is 8.78. The van der Waals surface area contributed by atoms with Crippen LogP contribution < -0.4 is 25.0 Å². The van der Waals surface area contributed by atoms with Crippen molar-refractivity contribution < 1.29 is 19.1 Å². The Morgan fingerprint density at radius 2 is 1.63 bits per heavy atom. The highest BCUT2D eigenvalue weighted by atomic mass is 16.6. The number of ether oxygens (including phenoxy) is 2. The molecule has 2 aliphatic rings. The van der Waals surface area contributed by atoms with Crippen LogP contribution in [-0.4, -0.2) is 38.1 Å². The fourth-order valence-electron chi connectivity index (χ4n) is 4.47. The Labute approximate surface area is 205 Å². The Hall–Kier alpha value is -4.00. The first-order chi connectivity index (χ1) is 17.2. The molecule has 0 spiro atoms. The minimum Gasteiger partial charge on any atom is -0.486 e. The van der Waals surface area contributed by atoms with Gasteiger partial charge in [-0.3, -0.25) is 9.59 Å². The summed E-state index contributed by atoms with van der Waals surface area (Å²) < 4.78 is 11.0. The zero-order valence-electron chi connectivity index (χ0n) is 19.6. The number of fused-ring (bicyclic) bond motifs is 2. The number of benzene rings is 3. The van der Waals surface area contributed by atoms with Crippen molar-refractivity contribution in [3.63, 3.8) is 0 Å². The lowest BCUT2D eigenvalue weighted by molar-refractivity contribution is -0.136. The minimum atomic E-state index is -0.700. The van der Waals surface area contributed by atoms with Gasteiger partial charge >= 0.3 is 11.8 Å². The predicted octanol–water partition coefficient (Wildman–Crippen LogP) is 3.71. The molecule has 3 aromatic rings. The minimum absolute atomic E-state index is 0.429. The highest BCUT2D eigenvalue weighted by Crippen LogP contribution is 2.32. The standard InChI is InChI=1S/C28H29N3O4/c32-27(28(33)30-23-9-12-25-26(18-23)35-17-16-34-25)29-14-3-4-20-7-10-24(11-8-20)31-15-13-21-5-1-2-6-22(21)19-31/h1-2,5-12,18H,3-4,13-17,19H2,(H,29,32)(H,30,33). The summed E-state index contributed by atoms with van der Waals surface area (Å²) in [5.74, 6) is -0.159. The van der Waals surface area contributed by atoms with Crippen molar-refractivity contribution in [2.75, 3.05) is 36.5 Å². The number of carbonyl (C=O) groups is 2. The smallest absolute Gasteiger partial charge is 0.313 e. The van der Waals surface area contributed by atoms with Crippen molar-refractivity contribution in [2.24, 2.45) is 0 Å². The van der Waals surface area contributed by atoms with Crippen LogP contribution in [0.4, 0.5) is 11.4 Å². The molecule has 0 saturated carbocycles. The molecule has 35 heavy (non-hydrogen) atoms. The number of anilines is 2. The molecule has 2 N–H and O–H groups in total. The van der Waals surface area contributed by atoms with Crippen molar-refractivity contribution >= 4 is 23.2 Å². The van der Waals surface area contributed by atoms with Gasteiger partial charge in [0.1, 0.15) is 13.2 Å². The zero-order chi connectivity index (χ0) is 24.0. The number of carbonyl (C=O) groups excluding carboxylic acids is 2. The average Bonchev–Trinajstić information content (AvgIpc) is 2.91. The molecule has 2 amide bonds. The van der Waals surface area contributed by atoms with Crippen molar-refractivity contribution in [3.8, 4) is 11.5 Å². The van der Waals surface area contributed by atoms with Crippen molar-refractivity contribution in [1.82, 2.24) is 5.32 Å². The summed E-state index contributed by atoms with van der Waals surface area (Å²) in [6.45, 7) is 3.35. The Kier molecular flexibility index (Phi) is 6.84. The van der Waals surface area contributed by atoms with Crippen LogP contribution >= 0.6 is 0 Å². The van der Waals surface area contributed by atoms with Gasteiger partial charge in [-0.05, 0) is 60.2 Å².